The number of hydrogen-bond donors (Lipinski definition) is 2. The van der Waals surface area contributed by atoms with Crippen molar-refractivity contribution in [1.82, 2.24) is 4.90 Å². The first-order chi connectivity index (χ1) is 9.01. The molecule has 1 heterocycles. The Kier molecular flexibility index (Phi) is 3.86. The first kappa shape index (κ1) is 14.0. The van der Waals surface area contributed by atoms with E-state index in [0.717, 1.165) is 10.6 Å². The summed E-state index contributed by atoms with van der Waals surface area (Å²) in [6.45, 7) is 0. The Balaban J connectivity index is 2.55. The van der Waals surface area contributed by atoms with Crippen LogP contribution in [0.5, 0.6) is 17.2 Å². The molecule has 6 nitrogen and oxygen atoms in total. The minimum Gasteiger partial charge on any atom is -0.491 e. The highest BCUT2D eigenvalue weighted by Gasteiger charge is 2.30. The lowest BCUT2D eigenvalue weighted by Gasteiger charge is -2.32. The minimum absolute atomic E-state index is 0.0442. The highest BCUT2D eigenvalue weighted by Crippen LogP contribution is 2.53. The van der Waals surface area contributed by atoms with Gasteiger partial charge >= 0.3 is 0 Å². The van der Waals surface area contributed by atoms with Crippen LogP contribution in [0.25, 0.3) is 0 Å². The van der Waals surface area contributed by atoms with Crippen LogP contribution >= 0.6 is 11.8 Å². The average molecular weight is 285 g/mol. The molecule has 106 valence electrons. The predicted octanol–water partition coefficient (Wildman–Crippen LogP) is 1.24. The van der Waals surface area contributed by atoms with Crippen molar-refractivity contribution < 1.29 is 14.2 Å². The fourth-order valence-corrected chi connectivity index (χ4v) is 3.15. The number of ether oxygens (including phenoxy) is 3. The fraction of sp³-hybridized carbons (Fsp3) is 0.500. The summed E-state index contributed by atoms with van der Waals surface area (Å²) in [7, 11) is 6.98. The standard InChI is InChI=1S/C12H19N3O3S/c1-15(2)6-5-19-12-8(14)10(17-4)9(16-3)7(13)11(12)18-6/h6H,5,13-14H2,1-4H3. The van der Waals surface area contributed by atoms with Crippen LogP contribution < -0.4 is 25.7 Å². The van der Waals surface area contributed by atoms with E-state index >= 15 is 0 Å². The lowest BCUT2D eigenvalue weighted by atomic mass is 10.2. The topological polar surface area (TPSA) is 83.0 Å². The molecule has 1 aliphatic heterocycles. The Bertz CT molecular complexity index is 494. The highest BCUT2D eigenvalue weighted by atomic mass is 32.2. The molecular formula is C12H19N3O3S. The van der Waals surface area contributed by atoms with Gasteiger partial charge in [-0.25, -0.2) is 0 Å². The third-order valence-electron chi connectivity index (χ3n) is 3.00. The molecule has 1 unspecified atom stereocenters. The number of anilines is 2. The first-order valence-corrected chi connectivity index (χ1v) is 6.78. The maximum absolute atomic E-state index is 6.11. The maximum Gasteiger partial charge on any atom is 0.189 e. The zero-order chi connectivity index (χ0) is 14.2. The highest BCUT2D eigenvalue weighted by molar-refractivity contribution is 7.99. The lowest BCUT2D eigenvalue weighted by Crippen LogP contribution is -2.37. The summed E-state index contributed by atoms with van der Waals surface area (Å²) in [5.74, 6) is 2.22. The second-order valence-corrected chi connectivity index (χ2v) is 5.43. The average Bonchev–Trinajstić information content (AvgIpc) is 2.41. The van der Waals surface area contributed by atoms with Crippen LogP contribution in [-0.2, 0) is 0 Å². The second kappa shape index (κ2) is 5.26. The molecule has 1 aromatic rings. The van der Waals surface area contributed by atoms with Crippen molar-refractivity contribution >= 4 is 23.1 Å². The van der Waals surface area contributed by atoms with Crippen molar-refractivity contribution in [3.8, 4) is 17.2 Å². The van der Waals surface area contributed by atoms with E-state index in [2.05, 4.69) is 0 Å². The van der Waals surface area contributed by atoms with Crippen LogP contribution in [-0.4, -0.2) is 45.2 Å². The largest absolute Gasteiger partial charge is 0.491 e. The van der Waals surface area contributed by atoms with Gasteiger partial charge in [-0.3, -0.25) is 4.90 Å². The lowest BCUT2D eigenvalue weighted by molar-refractivity contribution is 0.0801. The van der Waals surface area contributed by atoms with Crippen LogP contribution in [0.1, 0.15) is 0 Å². The van der Waals surface area contributed by atoms with E-state index < -0.39 is 0 Å². The van der Waals surface area contributed by atoms with Crippen LogP contribution in [0, 0.1) is 0 Å². The number of fused-ring (bicyclic) bond motifs is 1. The number of hydrogen-bond acceptors (Lipinski definition) is 7. The molecule has 2 rings (SSSR count). The van der Waals surface area contributed by atoms with Gasteiger partial charge < -0.3 is 25.7 Å². The van der Waals surface area contributed by atoms with Crippen molar-refractivity contribution in [2.75, 3.05) is 45.5 Å². The molecule has 0 fully saturated rings. The van der Waals surface area contributed by atoms with Gasteiger partial charge in [0.1, 0.15) is 5.69 Å². The van der Waals surface area contributed by atoms with Gasteiger partial charge in [0.15, 0.2) is 23.5 Å². The first-order valence-electron chi connectivity index (χ1n) is 5.80. The Morgan fingerprint density at radius 3 is 2.26 bits per heavy atom. The zero-order valence-electron chi connectivity index (χ0n) is 11.5. The monoisotopic (exact) mass is 285 g/mol. The summed E-state index contributed by atoms with van der Waals surface area (Å²) in [6, 6.07) is 0. The molecule has 0 radical (unpaired) electrons. The molecule has 1 atom stereocenters. The van der Waals surface area contributed by atoms with E-state index in [-0.39, 0.29) is 6.23 Å². The van der Waals surface area contributed by atoms with Gasteiger partial charge in [0.2, 0.25) is 0 Å². The number of nitrogens with zero attached hydrogens (tertiary/aromatic N) is 1. The summed E-state index contributed by atoms with van der Waals surface area (Å²) in [5, 5.41) is 0. The second-order valence-electron chi connectivity index (χ2n) is 4.40. The van der Waals surface area contributed by atoms with E-state index in [1.807, 2.05) is 19.0 Å². The number of nitrogen functional groups attached to an aromatic ring is 2. The zero-order valence-corrected chi connectivity index (χ0v) is 12.3. The SMILES string of the molecule is COc1c(N)c2c(c(N)c1OC)SCC(N(C)C)O2. The van der Waals surface area contributed by atoms with Crippen molar-refractivity contribution in [3.63, 3.8) is 0 Å². The fourth-order valence-electron chi connectivity index (χ4n) is 1.94. The van der Waals surface area contributed by atoms with E-state index in [4.69, 9.17) is 25.7 Å². The number of thioether (sulfide) groups is 1. The Labute approximate surface area is 117 Å². The van der Waals surface area contributed by atoms with Gasteiger partial charge in [-0.1, -0.05) is 0 Å². The molecule has 19 heavy (non-hydrogen) atoms. The van der Waals surface area contributed by atoms with E-state index in [0.29, 0.717) is 28.6 Å². The molecule has 7 heteroatoms. The molecule has 0 saturated carbocycles. The van der Waals surface area contributed by atoms with Gasteiger partial charge in [-0.2, -0.15) is 0 Å². The summed E-state index contributed by atoms with van der Waals surface area (Å²) in [4.78, 5) is 2.80. The molecule has 4 N–H and O–H groups in total. The van der Waals surface area contributed by atoms with Gasteiger partial charge in [0.05, 0.1) is 24.8 Å². The summed E-state index contributed by atoms with van der Waals surface area (Å²) >= 11 is 1.61. The third-order valence-corrected chi connectivity index (χ3v) is 4.15. The van der Waals surface area contributed by atoms with Crippen molar-refractivity contribution in [2.45, 2.75) is 11.1 Å². The Hall–Kier alpha value is -1.47. The molecule has 1 aliphatic rings. The number of benzene rings is 1. The molecule has 0 aliphatic carbocycles. The van der Waals surface area contributed by atoms with E-state index in [1.165, 1.54) is 14.2 Å². The number of methoxy groups -OCH3 is 2. The molecule has 0 spiro atoms. The van der Waals surface area contributed by atoms with Crippen molar-refractivity contribution in [2.24, 2.45) is 0 Å². The van der Waals surface area contributed by atoms with Gasteiger partial charge in [0.25, 0.3) is 0 Å². The van der Waals surface area contributed by atoms with Gasteiger partial charge in [-0.15, -0.1) is 11.8 Å². The maximum atomic E-state index is 6.11. The number of nitrogens with two attached hydrogens (primary N) is 2. The third kappa shape index (κ3) is 2.23. The quantitative estimate of drug-likeness (QED) is 0.808. The summed E-state index contributed by atoms with van der Waals surface area (Å²) in [5.41, 5.74) is 13.1. The van der Waals surface area contributed by atoms with Gasteiger partial charge in [0, 0.05) is 5.75 Å². The normalized spacial score (nSPS) is 17.8. The summed E-state index contributed by atoms with van der Waals surface area (Å²) < 4.78 is 16.5. The molecule has 0 bridgehead atoms. The van der Waals surface area contributed by atoms with Crippen LogP contribution in [0.3, 0.4) is 0 Å². The van der Waals surface area contributed by atoms with Crippen LogP contribution in [0.2, 0.25) is 0 Å². The molecular weight excluding hydrogens is 266 g/mol. The van der Waals surface area contributed by atoms with Crippen LogP contribution in [0.4, 0.5) is 11.4 Å². The molecule has 1 aromatic carbocycles. The predicted molar refractivity (Wildman–Crippen MR) is 77.2 cm³/mol. The molecule has 0 amide bonds. The Morgan fingerprint density at radius 1 is 1.16 bits per heavy atom. The van der Waals surface area contributed by atoms with Crippen LogP contribution in [0.15, 0.2) is 4.90 Å². The molecule has 0 saturated heterocycles. The van der Waals surface area contributed by atoms with E-state index in [9.17, 15) is 0 Å². The van der Waals surface area contributed by atoms with Crippen molar-refractivity contribution in [3.05, 3.63) is 0 Å². The summed E-state index contributed by atoms with van der Waals surface area (Å²) in [6.07, 6.45) is -0.0442. The Morgan fingerprint density at radius 2 is 1.74 bits per heavy atom. The smallest absolute Gasteiger partial charge is 0.189 e. The minimum atomic E-state index is -0.0442. The molecule has 0 aromatic heterocycles. The number of rotatable bonds is 3. The van der Waals surface area contributed by atoms with Crippen molar-refractivity contribution in [1.29, 1.82) is 0 Å². The van der Waals surface area contributed by atoms with E-state index in [1.54, 1.807) is 11.8 Å². The van der Waals surface area contributed by atoms with Gasteiger partial charge in [-0.05, 0) is 14.1 Å².